The van der Waals surface area contributed by atoms with Gasteiger partial charge in [0.25, 0.3) is 0 Å². The molecule has 4 aromatic heterocycles. The van der Waals surface area contributed by atoms with E-state index in [2.05, 4.69) is 35.5 Å². The third kappa shape index (κ3) is 4.42. The minimum Gasteiger partial charge on any atom is -0.391 e. The maximum Gasteiger partial charge on any atom is 0.229 e. The van der Waals surface area contributed by atoms with Gasteiger partial charge in [0.15, 0.2) is 11.6 Å². The van der Waals surface area contributed by atoms with Crippen LogP contribution in [-0.4, -0.2) is 61.2 Å². The van der Waals surface area contributed by atoms with Crippen molar-refractivity contribution >= 4 is 23.4 Å². The largest absolute Gasteiger partial charge is 0.391 e. The van der Waals surface area contributed by atoms with Gasteiger partial charge in [-0.05, 0) is 38.3 Å². The van der Waals surface area contributed by atoms with Crippen LogP contribution in [0.25, 0.3) is 11.4 Å². The minimum absolute atomic E-state index is 0.0279. The predicted molar refractivity (Wildman–Crippen MR) is 131 cm³/mol. The van der Waals surface area contributed by atoms with Gasteiger partial charge in [0, 0.05) is 49.7 Å². The molecule has 0 spiro atoms. The predicted octanol–water partition coefficient (Wildman–Crippen LogP) is 3.21. The molecule has 6 heterocycles. The van der Waals surface area contributed by atoms with Gasteiger partial charge in [-0.3, -0.25) is 10.1 Å². The number of β-amino-alcohol motifs (C(OH)–C–C–N with tert-alkyl or cyclic N) is 1. The highest BCUT2D eigenvalue weighted by atomic mass is 16.5. The van der Waals surface area contributed by atoms with Crippen LogP contribution >= 0.6 is 0 Å². The highest BCUT2D eigenvalue weighted by Crippen LogP contribution is 2.37. The first kappa shape index (κ1) is 21.5. The number of hydrogen-bond donors (Lipinski definition) is 3. The van der Waals surface area contributed by atoms with E-state index in [0.717, 1.165) is 55.3 Å². The molecule has 2 atom stereocenters. The summed E-state index contributed by atoms with van der Waals surface area (Å²) >= 11 is 0. The van der Waals surface area contributed by atoms with Crippen LogP contribution in [0.4, 0.5) is 23.4 Å². The number of aromatic amines is 1. The topological polar surface area (TPSA) is 132 Å². The summed E-state index contributed by atoms with van der Waals surface area (Å²) in [5.74, 6) is 3.49. The van der Waals surface area contributed by atoms with Crippen molar-refractivity contribution in [1.29, 1.82) is 0 Å². The lowest BCUT2D eigenvalue weighted by molar-refractivity contribution is 0.198. The van der Waals surface area contributed by atoms with Gasteiger partial charge in [-0.1, -0.05) is 11.2 Å². The quantitative estimate of drug-likeness (QED) is 0.383. The Morgan fingerprint density at radius 3 is 2.80 bits per heavy atom. The molecule has 11 nitrogen and oxygen atoms in total. The van der Waals surface area contributed by atoms with Crippen molar-refractivity contribution < 1.29 is 9.63 Å². The highest BCUT2D eigenvalue weighted by molar-refractivity contribution is 5.61. The van der Waals surface area contributed by atoms with Crippen molar-refractivity contribution in [3.05, 3.63) is 54.0 Å². The molecule has 0 radical (unpaired) electrons. The molecule has 4 aromatic rings. The molecule has 6 rings (SSSR count). The van der Waals surface area contributed by atoms with Gasteiger partial charge < -0.3 is 24.7 Å². The summed E-state index contributed by atoms with van der Waals surface area (Å²) in [7, 11) is 0. The Hall–Kier alpha value is -3.99. The molecule has 0 aliphatic carbocycles. The standard InChI is InChI=1S/C24H27N9O2/c1-15-11-22(30-29-15)26-21-13-23(32-10-7-16(34)14-32)28-24(27-21)33-9-4-6-19(33)20-12-18(31-35-20)17-5-2-3-8-25-17/h2-3,5,8,11-13,16,19,34H,4,6-7,9-10,14H2,1H3,(H2,26,27,28,29,30)/t16-,19?/m1/s1. The van der Waals surface area contributed by atoms with Gasteiger partial charge in [0.05, 0.1) is 17.8 Å². The molecule has 0 amide bonds. The number of H-pyrrole nitrogens is 1. The van der Waals surface area contributed by atoms with E-state index in [9.17, 15) is 5.11 Å². The number of hydrogen-bond acceptors (Lipinski definition) is 10. The van der Waals surface area contributed by atoms with Crippen molar-refractivity contribution in [2.75, 3.05) is 34.8 Å². The van der Waals surface area contributed by atoms with Crippen LogP contribution in [0, 0.1) is 6.92 Å². The lowest BCUT2D eigenvalue weighted by Crippen LogP contribution is -2.27. The highest BCUT2D eigenvalue weighted by Gasteiger charge is 2.33. The molecule has 35 heavy (non-hydrogen) atoms. The van der Waals surface area contributed by atoms with Crippen molar-refractivity contribution in [2.24, 2.45) is 0 Å². The summed E-state index contributed by atoms with van der Waals surface area (Å²) in [6.45, 7) is 4.05. The first-order valence-electron chi connectivity index (χ1n) is 11.9. The Labute approximate surface area is 202 Å². The third-order valence-electron chi connectivity index (χ3n) is 6.44. The molecule has 3 N–H and O–H groups in total. The van der Waals surface area contributed by atoms with Crippen molar-refractivity contribution in [2.45, 2.75) is 38.3 Å². The average molecular weight is 474 g/mol. The molecule has 1 unspecified atom stereocenters. The van der Waals surface area contributed by atoms with Crippen LogP contribution < -0.4 is 15.1 Å². The zero-order valence-electron chi connectivity index (χ0n) is 19.4. The lowest BCUT2D eigenvalue weighted by atomic mass is 10.1. The van der Waals surface area contributed by atoms with Gasteiger partial charge in [-0.25, -0.2) is 0 Å². The number of anilines is 4. The van der Waals surface area contributed by atoms with Gasteiger partial charge in [-0.15, -0.1) is 0 Å². The van der Waals surface area contributed by atoms with Crippen LogP contribution in [0.15, 0.2) is 47.1 Å². The first-order chi connectivity index (χ1) is 17.1. The SMILES string of the molecule is Cc1cc(Nc2cc(N3CC[C@@H](O)C3)nc(N3CCCC3c3cc(-c4ccccn4)no3)n2)n[nH]1. The van der Waals surface area contributed by atoms with Crippen LogP contribution in [-0.2, 0) is 0 Å². The van der Waals surface area contributed by atoms with Gasteiger partial charge >= 0.3 is 0 Å². The third-order valence-corrected chi connectivity index (χ3v) is 6.44. The van der Waals surface area contributed by atoms with E-state index < -0.39 is 0 Å². The summed E-state index contributed by atoms with van der Waals surface area (Å²) in [5, 5.41) is 24.9. The van der Waals surface area contributed by atoms with E-state index in [1.807, 2.05) is 43.3 Å². The Bertz CT molecular complexity index is 1310. The number of aliphatic hydroxyl groups excluding tert-OH is 1. The number of rotatable bonds is 6. The van der Waals surface area contributed by atoms with E-state index >= 15 is 0 Å². The summed E-state index contributed by atoms with van der Waals surface area (Å²) in [6, 6.07) is 11.5. The average Bonchev–Trinajstić information content (AvgIpc) is 3.67. The molecule has 2 aliphatic heterocycles. The van der Waals surface area contributed by atoms with E-state index in [1.54, 1.807) is 6.20 Å². The molecular weight excluding hydrogens is 446 g/mol. The minimum atomic E-state index is -0.349. The molecule has 2 saturated heterocycles. The second-order valence-electron chi connectivity index (χ2n) is 9.04. The van der Waals surface area contributed by atoms with Gasteiger partial charge in [-0.2, -0.15) is 15.1 Å². The van der Waals surface area contributed by atoms with Crippen LogP contribution in [0.3, 0.4) is 0 Å². The van der Waals surface area contributed by atoms with Crippen molar-refractivity contribution in [1.82, 2.24) is 30.3 Å². The number of nitrogens with zero attached hydrogens (tertiary/aromatic N) is 7. The monoisotopic (exact) mass is 473 g/mol. The van der Waals surface area contributed by atoms with Crippen LogP contribution in [0.1, 0.15) is 36.8 Å². The van der Waals surface area contributed by atoms with Crippen LogP contribution in [0.2, 0.25) is 0 Å². The molecule has 0 saturated carbocycles. The van der Waals surface area contributed by atoms with Gasteiger partial charge in [0.1, 0.15) is 17.3 Å². The molecular formula is C24H27N9O2. The summed E-state index contributed by atoms with van der Waals surface area (Å²) < 4.78 is 5.77. The number of aryl methyl sites for hydroxylation is 1. The normalized spacial score (nSPS) is 20.1. The zero-order valence-corrected chi connectivity index (χ0v) is 19.4. The second kappa shape index (κ2) is 8.99. The van der Waals surface area contributed by atoms with Gasteiger partial charge in [0.2, 0.25) is 5.95 Å². The fourth-order valence-electron chi connectivity index (χ4n) is 4.72. The first-order valence-corrected chi connectivity index (χ1v) is 11.9. The summed E-state index contributed by atoms with van der Waals surface area (Å²) in [5.41, 5.74) is 2.45. The Kier molecular flexibility index (Phi) is 5.53. The number of aliphatic hydroxyl groups is 1. The lowest BCUT2D eigenvalue weighted by Gasteiger charge is -2.25. The molecule has 0 aromatic carbocycles. The molecule has 2 aliphatic rings. The van der Waals surface area contributed by atoms with Crippen molar-refractivity contribution in [3.8, 4) is 11.4 Å². The number of nitrogens with one attached hydrogen (secondary N) is 2. The fourth-order valence-corrected chi connectivity index (χ4v) is 4.72. The number of pyridine rings is 1. The van der Waals surface area contributed by atoms with E-state index in [0.29, 0.717) is 29.8 Å². The van der Waals surface area contributed by atoms with Crippen molar-refractivity contribution in [3.63, 3.8) is 0 Å². The summed E-state index contributed by atoms with van der Waals surface area (Å²) in [4.78, 5) is 18.4. The maximum atomic E-state index is 10.1. The Morgan fingerprint density at radius 2 is 2.03 bits per heavy atom. The molecule has 0 bridgehead atoms. The molecule has 180 valence electrons. The van der Waals surface area contributed by atoms with Crippen LogP contribution in [0.5, 0.6) is 0 Å². The molecule has 11 heteroatoms. The number of aromatic nitrogens is 6. The van der Waals surface area contributed by atoms with E-state index in [1.165, 1.54) is 0 Å². The van der Waals surface area contributed by atoms with E-state index in [-0.39, 0.29) is 12.1 Å². The zero-order chi connectivity index (χ0) is 23.8. The summed E-state index contributed by atoms with van der Waals surface area (Å²) in [6.07, 6.45) is 4.02. The Balaban J connectivity index is 1.33. The second-order valence-corrected chi connectivity index (χ2v) is 9.04. The molecule has 2 fully saturated rings. The Morgan fingerprint density at radius 1 is 1.09 bits per heavy atom. The fraction of sp³-hybridized carbons (Fsp3) is 0.375. The van der Waals surface area contributed by atoms with E-state index in [4.69, 9.17) is 14.5 Å². The maximum absolute atomic E-state index is 10.1. The smallest absolute Gasteiger partial charge is 0.229 e.